The first-order chi connectivity index (χ1) is 14.4. The van der Waals surface area contributed by atoms with Crippen LogP contribution < -0.4 is 11.1 Å². The molecule has 2 heterocycles. The van der Waals surface area contributed by atoms with Crippen molar-refractivity contribution in [3.05, 3.63) is 69.8 Å². The molecule has 1 aromatic carbocycles. The predicted molar refractivity (Wildman–Crippen MR) is 109 cm³/mol. The highest BCUT2D eigenvalue weighted by molar-refractivity contribution is 7.71. The van der Waals surface area contributed by atoms with Gasteiger partial charge in [-0.2, -0.15) is 0 Å². The first-order valence-corrected chi connectivity index (χ1v) is 10.1. The molecule has 5 N–H and O–H groups in total. The largest absolute Gasteiger partial charge is 0.349 e. The summed E-state index contributed by atoms with van der Waals surface area (Å²) >= 11 is 5.42. The summed E-state index contributed by atoms with van der Waals surface area (Å²) in [5, 5.41) is 2.84. The standard InChI is InChI=1S/C20H22F2N6OS/c21-12-3-11-4-14(1-2-16(11)17(22)5-12)28-15(9-26-20(28)30)8-25-19(29)18(23)6-13-7-24-10-27-13/h3,5,7,9-10,14,18H,1-2,4,6,8,23H2,(H,24,27)(H,25,29)(H,26,30)/t14?,18-/m0/s1. The summed E-state index contributed by atoms with van der Waals surface area (Å²) in [5.74, 6) is -1.37. The third kappa shape index (κ3) is 4.19. The third-order valence-electron chi connectivity index (χ3n) is 5.47. The summed E-state index contributed by atoms with van der Waals surface area (Å²) in [6.07, 6.45) is 6.89. The van der Waals surface area contributed by atoms with E-state index in [1.54, 1.807) is 12.4 Å². The summed E-state index contributed by atoms with van der Waals surface area (Å²) in [6.45, 7) is 0.240. The number of benzene rings is 1. The lowest BCUT2D eigenvalue weighted by Gasteiger charge is -2.27. The lowest BCUT2D eigenvalue weighted by Crippen LogP contribution is -2.42. The van der Waals surface area contributed by atoms with Crippen molar-refractivity contribution in [2.24, 2.45) is 5.73 Å². The molecular formula is C20H22F2N6OS. The number of amides is 1. The molecule has 0 aliphatic heterocycles. The Balaban J connectivity index is 1.46. The minimum atomic E-state index is -0.715. The minimum Gasteiger partial charge on any atom is -0.349 e. The topological polar surface area (TPSA) is 105 Å². The Labute approximate surface area is 176 Å². The molecule has 0 bridgehead atoms. The fraction of sp³-hybridized carbons (Fsp3) is 0.350. The summed E-state index contributed by atoms with van der Waals surface area (Å²) < 4.78 is 30.1. The van der Waals surface area contributed by atoms with E-state index in [1.165, 1.54) is 12.4 Å². The summed E-state index contributed by atoms with van der Waals surface area (Å²) in [4.78, 5) is 22.2. The molecule has 7 nitrogen and oxygen atoms in total. The number of fused-ring (bicyclic) bond motifs is 1. The van der Waals surface area contributed by atoms with Gasteiger partial charge in [-0.25, -0.2) is 13.8 Å². The van der Waals surface area contributed by atoms with E-state index in [4.69, 9.17) is 18.0 Å². The Morgan fingerprint density at radius 2 is 2.23 bits per heavy atom. The first-order valence-electron chi connectivity index (χ1n) is 9.68. The average molecular weight is 433 g/mol. The molecule has 30 heavy (non-hydrogen) atoms. The molecule has 2 atom stereocenters. The molecule has 1 aliphatic carbocycles. The number of H-pyrrole nitrogens is 2. The fourth-order valence-electron chi connectivity index (χ4n) is 3.99. The SMILES string of the molecule is N[C@@H](Cc1cnc[nH]1)C(=O)NCc1c[nH]c(=S)n1C1CCc2c(F)cc(F)cc2C1. The quantitative estimate of drug-likeness (QED) is 0.449. The van der Waals surface area contributed by atoms with Crippen LogP contribution in [0.25, 0.3) is 0 Å². The van der Waals surface area contributed by atoms with Crippen molar-refractivity contribution in [3.63, 3.8) is 0 Å². The van der Waals surface area contributed by atoms with Gasteiger partial charge in [0.05, 0.1) is 24.6 Å². The van der Waals surface area contributed by atoms with E-state index < -0.39 is 17.7 Å². The van der Waals surface area contributed by atoms with Crippen LogP contribution in [0.15, 0.2) is 30.9 Å². The van der Waals surface area contributed by atoms with Crippen LogP contribution in [0.2, 0.25) is 0 Å². The van der Waals surface area contributed by atoms with Gasteiger partial charge in [0, 0.05) is 36.6 Å². The van der Waals surface area contributed by atoms with E-state index in [0.29, 0.717) is 41.6 Å². The van der Waals surface area contributed by atoms with Gasteiger partial charge in [-0.15, -0.1) is 0 Å². The monoisotopic (exact) mass is 432 g/mol. The van der Waals surface area contributed by atoms with Crippen molar-refractivity contribution in [2.45, 2.75) is 44.3 Å². The van der Waals surface area contributed by atoms with Crippen molar-refractivity contribution in [2.75, 3.05) is 0 Å². The van der Waals surface area contributed by atoms with Gasteiger partial charge in [0.15, 0.2) is 4.77 Å². The van der Waals surface area contributed by atoms with Crippen molar-refractivity contribution >= 4 is 18.1 Å². The number of halogens is 2. The van der Waals surface area contributed by atoms with Crippen LogP contribution in [-0.2, 0) is 30.6 Å². The molecular weight excluding hydrogens is 410 g/mol. The lowest BCUT2D eigenvalue weighted by atomic mass is 9.87. The van der Waals surface area contributed by atoms with Gasteiger partial charge in [-0.3, -0.25) is 4.79 Å². The molecule has 0 saturated heterocycles. The zero-order chi connectivity index (χ0) is 21.3. The van der Waals surface area contributed by atoms with Gasteiger partial charge in [-0.1, -0.05) is 0 Å². The van der Waals surface area contributed by atoms with Crippen molar-refractivity contribution < 1.29 is 13.6 Å². The maximum atomic E-state index is 14.0. The minimum absolute atomic E-state index is 0.0528. The average Bonchev–Trinajstić information content (AvgIpc) is 3.34. The van der Waals surface area contributed by atoms with Crippen LogP contribution >= 0.6 is 12.2 Å². The van der Waals surface area contributed by atoms with E-state index in [0.717, 1.165) is 17.5 Å². The number of carbonyl (C=O) groups is 1. The molecule has 1 aliphatic rings. The molecule has 2 aromatic heterocycles. The molecule has 0 radical (unpaired) electrons. The van der Waals surface area contributed by atoms with E-state index in [9.17, 15) is 13.6 Å². The zero-order valence-electron chi connectivity index (χ0n) is 16.1. The second-order valence-corrected chi connectivity index (χ2v) is 7.87. The van der Waals surface area contributed by atoms with Crippen LogP contribution in [0.1, 0.15) is 35.0 Å². The molecule has 158 valence electrons. The molecule has 1 amide bonds. The Bertz CT molecular complexity index is 1110. The zero-order valence-corrected chi connectivity index (χ0v) is 16.9. The number of aromatic nitrogens is 4. The highest BCUT2D eigenvalue weighted by Crippen LogP contribution is 2.32. The lowest BCUT2D eigenvalue weighted by molar-refractivity contribution is -0.122. The normalized spacial score (nSPS) is 16.8. The molecule has 0 fully saturated rings. The van der Waals surface area contributed by atoms with E-state index in [2.05, 4.69) is 20.3 Å². The van der Waals surface area contributed by atoms with Gasteiger partial charge in [-0.05, 0) is 48.7 Å². The van der Waals surface area contributed by atoms with Crippen LogP contribution in [0.3, 0.4) is 0 Å². The van der Waals surface area contributed by atoms with Gasteiger partial charge in [0.2, 0.25) is 5.91 Å². The summed E-state index contributed by atoms with van der Waals surface area (Å²) in [6, 6.07) is 1.54. The Morgan fingerprint density at radius 3 is 3.00 bits per heavy atom. The Kier molecular flexibility index (Phi) is 5.78. The number of carbonyl (C=O) groups excluding carboxylic acids is 1. The second-order valence-electron chi connectivity index (χ2n) is 7.48. The maximum absolute atomic E-state index is 14.0. The maximum Gasteiger partial charge on any atom is 0.237 e. The van der Waals surface area contributed by atoms with Gasteiger partial charge >= 0.3 is 0 Å². The Hall–Kier alpha value is -2.85. The number of aromatic amines is 2. The van der Waals surface area contributed by atoms with Gasteiger partial charge < -0.3 is 25.6 Å². The Morgan fingerprint density at radius 1 is 1.40 bits per heavy atom. The second kappa shape index (κ2) is 8.49. The van der Waals surface area contributed by atoms with Gasteiger partial charge in [0.25, 0.3) is 0 Å². The van der Waals surface area contributed by atoms with E-state index in [1.807, 2.05) is 4.57 Å². The van der Waals surface area contributed by atoms with Crippen LogP contribution in [0.4, 0.5) is 8.78 Å². The molecule has 1 unspecified atom stereocenters. The molecule has 10 heteroatoms. The van der Waals surface area contributed by atoms with Crippen LogP contribution in [0, 0.1) is 16.4 Å². The van der Waals surface area contributed by atoms with E-state index in [-0.39, 0.29) is 18.5 Å². The highest BCUT2D eigenvalue weighted by atomic mass is 32.1. The number of nitrogens with two attached hydrogens (primary N) is 1. The van der Waals surface area contributed by atoms with Crippen LogP contribution in [-0.4, -0.2) is 31.5 Å². The van der Waals surface area contributed by atoms with Gasteiger partial charge in [0.1, 0.15) is 11.6 Å². The summed E-state index contributed by atoms with van der Waals surface area (Å²) in [5.41, 5.74) is 8.76. The van der Waals surface area contributed by atoms with Crippen molar-refractivity contribution in [1.82, 2.24) is 24.8 Å². The summed E-state index contributed by atoms with van der Waals surface area (Å²) in [7, 11) is 0. The van der Waals surface area contributed by atoms with Crippen LogP contribution in [0.5, 0.6) is 0 Å². The molecule has 4 rings (SSSR count). The predicted octanol–water partition coefficient (Wildman–Crippen LogP) is 2.46. The number of nitrogens with zero attached hydrogens (tertiary/aromatic N) is 2. The molecule has 0 saturated carbocycles. The van der Waals surface area contributed by atoms with Crippen molar-refractivity contribution in [1.29, 1.82) is 0 Å². The first kappa shape index (κ1) is 20.4. The highest BCUT2D eigenvalue weighted by Gasteiger charge is 2.25. The number of imidazole rings is 2. The molecule has 3 aromatic rings. The molecule has 0 spiro atoms. The number of hydrogen-bond acceptors (Lipinski definition) is 4. The van der Waals surface area contributed by atoms with E-state index >= 15 is 0 Å². The fourth-order valence-corrected chi connectivity index (χ4v) is 4.32. The van der Waals surface area contributed by atoms with Crippen molar-refractivity contribution in [3.8, 4) is 0 Å². The third-order valence-corrected chi connectivity index (χ3v) is 5.78. The number of hydrogen-bond donors (Lipinski definition) is 4. The smallest absolute Gasteiger partial charge is 0.237 e. The number of rotatable bonds is 6. The number of nitrogens with one attached hydrogen (secondary N) is 3.